The van der Waals surface area contributed by atoms with Crippen molar-refractivity contribution in [2.75, 3.05) is 12.4 Å². The predicted octanol–water partition coefficient (Wildman–Crippen LogP) is 5.31. The van der Waals surface area contributed by atoms with Crippen molar-refractivity contribution in [1.82, 2.24) is 0 Å². The third-order valence-corrected chi connectivity index (χ3v) is 8.62. The Hall–Kier alpha value is -3.20. The number of ketones is 1. The lowest BCUT2D eigenvalue weighted by atomic mass is 9.90. The van der Waals surface area contributed by atoms with E-state index < -0.39 is 44.7 Å². The number of Topliss-reactive ketones (excluding diaryl/α,β-unsaturated/α-hetero) is 1. The highest BCUT2D eigenvalue weighted by molar-refractivity contribution is 8.15. The zero-order chi connectivity index (χ0) is 30.9. The molecule has 0 aromatic carbocycles. The highest BCUT2D eigenvalue weighted by atomic mass is 32.2. The second-order valence-corrected chi connectivity index (χ2v) is 12.8. The van der Waals surface area contributed by atoms with Gasteiger partial charge in [0, 0.05) is 12.2 Å². The first-order valence-corrected chi connectivity index (χ1v) is 15.2. The molecule has 0 radical (unpaired) electrons. The summed E-state index contributed by atoms with van der Waals surface area (Å²) >= 11 is 1.28. The largest absolute Gasteiger partial charge is 0.519 e. The van der Waals surface area contributed by atoms with E-state index in [0.29, 0.717) is 23.5 Å². The first-order chi connectivity index (χ1) is 19.8. The molecule has 0 spiro atoms. The molecule has 15 heteroatoms. The molecule has 3 rings (SSSR count). The van der Waals surface area contributed by atoms with E-state index in [-0.39, 0.29) is 61.0 Å². The van der Waals surface area contributed by atoms with Gasteiger partial charge in [-0.15, -0.1) is 0 Å². The van der Waals surface area contributed by atoms with Crippen molar-refractivity contribution >= 4 is 45.9 Å². The van der Waals surface area contributed by atoms with Gasteiger partial charge in [-0.3, -0.25) is 9.59 Å². The topological polar surface area (TPSA) is 183 Å². The molecule has 2 aromatic rings. The van der Waals surface area contributed by atoms with Gasteiger partial charge in [-0.25, -0.2) is 19.2 Å². The maximum absolute atomic E-state index is 13.3. The molecule has 232 valence electrons. The van der Waals surface area contributed by atoms with Crippen LogP contribution in [-0.2, 0) is 37.0 Å². The first kappa shape index (κ1) is 33.3. The van der Waals surface area contributed by atoms with E-state index in [0.717, 1.165) is 32.1 Å². The Morgan fingerprint density at radius 3 is 1.90 bits per heavy atom. The van der Waals surface area contributed by atoms with Crippen LogP contribution in [0, 0.1) is 25.7 Å². The minimum absolute atomic E-state index is 0.0489. The van der Waals surface area contributed by atoms with E-state index in [1.807, 2.05) is 0 Å². The Labute approximate surface area is 249 Å². The Morgan fingerprint density at radius 1 is 0.833 bits per heavy atom. The first-order valence-electron chi connectivity index (χ1n) is 13.4. The van der Waals surface area contributed by atoms with Crippen molar-refractivity contribution in [3.8, 4) is 0 Å². The van der Waals surface area contributed by atoms with Crippen LogP contribution in [-0.4, -0.2) is 39.5 Å². The fraction of sp³-hybridized carbons (Fsp3) is 0.630. The Balaban J connectivity index is 1.58. The Morgan fingerprint density at radius 2 is 1.38 bits per heavy atom. The molecule has 13 nitrogen and oxygen atoms in total. The zero-order valence-electron chi connectivity index (χ0n) is 23.8. The van der Waals surface area contributed by atoms with Crippen LogP contribution in [0.3, 0.4) is 0 Å². The standard InChI is InChI=1S/C27H34O13S2/c1-15-19(39-23(30)37-15)12-35-25(32)41-14-18(22(29)34-11-17-8-6-5-7-9-17)10-21(28)27(3,4)42-26(33)36-13-20-16(2)38-24(31)40-20/h17-18H,5-14H2,1-4H3/t18-/m0/s1. The fourth-order valence-corrected chi connectivity index (χ4v) is 5.58. The van der Waals surface area contributed by atoms with Crippen molar-refractivity contribution in [2.45, 2.75) is 84.2 Å². The number of hydrogen-bond donors (Lipinski definition) is 0. The van der Waals surface area contributed by atoms with Gasteiger partial charge in [-0.2, -0.15) is 0 Å². The average molecular weight is 631 g/mol. The van der Waals surface area contributed by atoms with Gasteiger partial charge in [0.2, 0.25) is 0 Å². The molecule has 0 bridgehead atoms. The van der Waals surface area contributed by atoms with Crippen molar-refractivity contribution in [2.24, 2.45) is 11.8 Å². The van der Waals surface area contributed by atoms with Gasteiger partial charge in [0.15, 0.2) is 36.3 Å². The molecule has 0 saturated heterocycles. The lowest BCUT2D eigenvalue weighted by molar-refractivity contribution is -0.151. The molecule has 1 aliphatic carbocycles. The molecule has 1 aliphatic rings. The van der Waals surface area contributed by atoms with Gasteiger partial charge < -0.3 is 31.9 Å². The van der Waals surface area contributed by atoms with Crippen molar-refractivity contribution in [3.63, 3.8) is 0 Å². The number of carbonyl (C=O) groups excluding carboxylic acids is 4. The maximum atomic E-state index is 13.3. The maximum Gasteiger partial charge on any atom is 0.519 e. The minimum atomic E-state index is -1.30. The van der Waals surface area contributed by atoms with Gasteiger partial charge in [-0.05, 0) is 70.0 Å². The van der Waals surface area contributed by atoms with E-state index in [2.05, 4.69) is 0 Å². The van der Waals surface area contributed by atoms with Gasteiger partial charge in [0.1, 0.15) is 5.78 Å². The quantitative estimate of drug-likeness (QED) is 0.205. The second kappa shape index (κ2) is 15.3. The molecule has 42 heavy (non-hydrogen) atoms. The number of thioether (sulfide) groups is 2. The fourth-order valence-electron chi connectivity index (χ4n) is 4.12. The molecule has 1 atom stereocenters. The molecule has 1 saturated carbocycles. The van der Waals surface area contributed by atoms with E-state index in [9.17, 15) is 28.8 Å². The van der Waals surface area contributed by atoms with E-state index in [1.165, 1.54) is 27.7 Å². The predicted molar refractivity (Wildman–Crippen MR) is 149 cm³/mol. The van der Waals surface area contributed by atoms with Crippen LogP contribution in [0.25, 0.3) is 0 Å². The van der Waals surface area contributed by atoms with Crippen LogP contribution in [0.2, 0.25) is 0 Å². The molecular weight excluding hydrogens is 596 g/mol. The van der Waals surface area contributed by atoms with Crippen LogP contribution in [0.1, 0.15) is 75.4 Å². The van der Waals surface area contributed by atoms with Gasteiger partial charge in [0.25, 0.3) is 0 Å². The summed E-state index contributed by atoms with van der Waals surface area (Å²) in [6.07, 6.45) is 4.88. The molecule has 1 fully saturated rings. The third kappa shape index (κ3) is 10.3. The summed E-state index contributed by atoms with van der Waals surface area (Å²) in [5.41, 5.74) is 0. The molecule has 0 unspecified atom stereocenters. The van der Waals surface area contributed by atoms with Crippen molar-refractivity contribution in [1.29, 1.82) is 0 Å². The molecule has 2 heterocycles. The molecule has 0 N–H and O–H groups in total. The number of aryl methyl sites for hydroxylation is 2. The number of ether oxygens (including phenoxy) is 3. The highest BCUT2D eigenvalue weighted by Crippen LogP contribution is 2.32. The van der Waals surface area contributed by atoms with E-state index in [4.69, 9.17) is 31.9 Å². The van der Waals surface area contributed by atoms with Gasteiger partial charge in [-0.1, -0.05) is 19.3 Å². The number of carbonyl (C=O) groups is 4. The summed E-state index contributed by atoms with van der Waals surface area (Å²) in [7, 11) is 0. The van der Waals surface area contributed by atoms with Crippen molar-refractivity contribution < 1.29 is 51.1 Å². The zero-order valence-corrected chi connectivity index (χ0v) is 25.5. The number of esters is 1. The Kier molecular flexibility index (Phi) is 12.2. The SMILES string of the molecule is Cc1oc(=O)oc1COC(=O)SC[C@H](CC(=O)C(C)(C)SC(=O)OCc1oc(=O)oc1C)C(=O)OCC1CCCCC1. The van der Waals surface area contributed by atoms with Crippen molar-refractivity contribution in [3.05, 3.63) is 44.3 Å². The van der Waals surface area contributed by atoms with E-state index in [1.54, 1.807) is 0 Å². The van der Waals surface area contributed by atoms with Crippen LogP contribution in [0.15, 0.2) is 27.3 Å². The van der Waals surface area contributed by atoms with Crippen LogP contribution >= 0.6 is 23.5 Å². The average Bonchev–Trinajstić information content (AvgIpc) is 3.44. The Bertz CT molecular complexity index is 1360. The van der Waals surface area contributed by atoms with Crippen LogP contribution < -0.4 is 11.6 Å². The summed E-state index contributed by atoms with van der Waals surface area (Å²) in [6, 6.07) is 0. The van der Waals surface area contributed by atoms with Crippen LogP contribution in [0.5, 0.6) is 0 Å². The third-order valence-electron chi connectivity index (χ3n) is 6.68. The lowest BCUT2D eigenvalue weighted by Crippen LogP contribution is -2.34. The number of rotatable bonds is 13. The minimum Gasteiger partial charge on any atom is -0.465 e. The molecule has 0 amide bonds. The highest BCUT2D eigenvalue weighted by Gasteiger charge is 2.36. The molecular formula is C27H34O13S2. The summed E-state index contributed by atoms with van der Waals surface area (Å²) < 4.78 is 33.5. The van der Waals surface area contributed by atoms with Gasteiger partial charge in [0.05, 0.1) is 17.3 Å². The van der Waals surface area contributed by atoms with Crippen LogP contribution in [0.4, 0.5) is 9.59 Å². The smallest absolute Gasteiger partial charge is 0.465 e. The summed E-state index contributed by atoms with van der Waals surface area (Å²) in [5, 5.41) is -1.55. The van der Waals surface area contributed by atoms with Gasteiger partial charge >= 0.3 is 28.2 Å². The second-order valence-electron chi connectivity index (χ2n) is 10.3. The summed E-state index contributed by atoms with van der Waals surface area (Å²) in [4.78, 5) is 73.5. The normalized spacial score (nSPS) is 14.8. The molecule has 0 aliphatic heterocycles. The van der Waals surface area contributed by atoms with E-state index >= 15 is 0 Å². The monoisotopic (exact) mass is 630 g/mol. The summed E-state index contributed by atoms with van der Waals surface area (Å²) in [6.45, 7) is 5.51. The lowest BCUT2D eigenvalue weighted by Gasteiger charge is -2.25. The molecule has 2 aromatic heterocycles. The number of hydrogen-bond acceptors (Lipinski definition) is 15. The summed E-state index contributed by atoms with van der Waals surface area (Å²) in [5.74, 6) is -3.33.